The number of rotatable bonds is 6. The zero-order chi connectivity index (χ0) is 18.1. The Hall–Kier alpha value is -2.41. The van der Waals surface area contributed by atoms with Gasteiger partial charge in [0.2, 0.25) is 5.91 Å². The number of hydrogen-bond donors (Lipinski definition) is 0. The van der Waals surface area contributed by atoms with Crippen molar-refractivity contribution in [2.45, 2.75) is 0 Å². The molecule has 128 valence electrons. The first-order chi connectivity index (χ1) is 11.4. The SMILES string of the molecule is COC(=O)C(=CC(=O)N(C)C/C=C(\Br)c1ccccc1)C(=O)OC. The number of ether oxygens (including phenoxy) is 2. The second-order valence-electron chi connectivity index (χ2n) is 4.68. The summed E-state index contributed by atoms with van der Waals surface area (Å²) < 4.78 is 9.77. The topological polar surface area (TPSA) is 72.9 Å². The number of esters is 2. The van der Waals surface area contributed by atoms with E-state index in [1.54, 1.807) is 13.1 Å². The predicted molar refractivity (Wildman–Crippen MR) is 93.1 cm³/mol. The first kappa shape index (κ1) is 19.6. The van der Waals surface area contributed by atoms with Crippen LogP contribution < -0.4 is 0 Å². The largest absolute Gasteiger partial charge is 0.465 e. The predicted octanol–water partition coefficient (Wildman–Crippen LogP) is 2.15. The molecule has 0 saturated carbocycles. The van der Waals surface area contributed by atoms with Gasteiger partial charge in [0.15, 0.2) is 0 Å². The van der Waals surface area contributed by atoms with Crippen molar-refractivity contribution in [1.29, 1.82) is 0 Å². The van der Waals surface area contributed by atoms with Crippen molar-refractivity contribution in [2.24, 2.45) is 0 Å². The van der Waals surface area contributed by atoms with Crippen LogP contribution in [0.5, 0.6) is 0 Å². The molecular weight excluding hydrogens is 378 g/mol. The molecule has 0 aliphatic carbocycles. The van der Waals surface area contributed by atoms with Crippen LogP contribution >= 0.6 is 15.9 Å². The van der Waals surface area contributed by atoms with Gasteiger partial charge in [0.25, 0.3) is 0 Å². The maximum Gasteiger partial charge on any atom is 0.345 e. The van der Waals surface area contributed by atoms with Gasteiger partial charge < -0.3 is 14.4 Å². The van der Waals surface area contributed by atoms with Crippen molar-refractivity contribution in [1.82, 2.24) is 4.90 Å². The molecule has 0 atom stereocenters. The fourth-order valence-corrected chi connectivity index (χ4v) is 2.09. The first-order valence-corrected chi connectivity index (χ1v) is 7.74. The number of halogens is 1. The minimum absolute atomic E-state index is 0.278. The maximum atomic E-state index is 12.1. The smallest absolute Gasteiger partial charge is 0.345 e. The lowest BCUT2D eigenvalue weighted by molar-refractivity contribution is -0.144. The molecule has 0 spiro atoms. The molecule has 0 aliphatic heterocycles. The summed E-state index contributed by atoms with van der Waals surface area (Å²) in [5.74, 6) is -2.38. The lowest BCUT2D eigenvalue weighted by atomic mass is 10.2. The van der Waals surface area contributed by atoms with E-state index in [2.05, 4.69) is 25.4 Å². The molecule has 1 amide bonds. The van der Waals surface area contributed by atoms with Crippen LogP contribution in [0.3, 0.4) is 0 Å². The molecule has 1 aromatic carbocycles. The standard InChI is InChI=1S/C17H18BrNO5/c1-19(10-9-14(18)12-7-5-4-6-8-12)15(20)11-13(16(21)23-2)17(22)24-3/h4-9,11H,10H2,1-3H3/b14-9-. The summed E-state index contributed by atoms with van der Waals surface area (Å²) in [7, 11) is 3.78. The number of amides is 1. The zero-order valence-corrected chi connectivity index (χ0v) is 15.2. The van der Waals surface area contributed by atoms with E-state index < -0.39 is 23.4 Å². The molecule has 1 rings (SSSR count). The average molecular weight is 396 g/mol. The van der Waals surface area contributed by atoms with Crippen molar-refractivity contribution >= 4 is 38.3 Å². The highest BCUT2D eigenvalue weighted by Gasteiger charge is 2.22. The van der Waals surface area contributed by atoms with Gasteiger partial charge in [-0.3, -0.25) is 4.79 Å². The average Bonchev–Trinajstić information content (AvgIpc) is 2.62. The Labute approximate surface area is 148 Å². The van der Waals surface area contributed by atoms with Crippen LogP contribution in [0.4, 0.5) is 0 Å². The van der Waals surface area contributed by atoms with E-state index in [9.17, 15) is 14.4 Å². The molecule has 6 nitrogen and oxygen atoms in total. The maximum absolute atomic E-state index is 12.1. The number of hydrogen-bond acceptors (Lipinski definition) is 5. The highest BCUT2D eigenvalue weighted by atomic mass is 79.9. The van der Waals surface area contributed by atoms with E-state index in [4.69, 9.17) is 0 Å². The molecule has 0 N–H and O–H groups in total. The lowest BCUT2D eigenvalue weighted by Crippen LogP contribution is -2.27. The van der Waals surface area contributed by atoms with Crippen LogP contribution in [0.15, 0.2) is 48.1 Å². The number of carbonyl (C=O) groups is 3. The van der Waals surface area contributed by atoms with Gasteiger partial charge in [0, 0.05) is 24.2 Å². The molecule has 0 saturated heterocycles. The Morgan fingerprint density at radius 1 is 1.08 bits per heavy atom. The molecular formula is C17H18BrNO5. The van der Waals surface area contributed by atoms with Crippen LogP contribution in [-0.4, -0.2) is 50.6 Å². The van der Waals surface area contributed by atoms with Gasteiger partial charge in [-0.1, -0.05) is 52.3 Å². The summed E-state index contributed by atoms with van der Waals surface area (Å²) in [6.45, 7) is 0.278. The van der Waals surface area contributed by atoms with Gasteiger partial charge in [0.05, 0.1) is 14.2 Å². The van der Waals surface area contributed by atoms with Crippen molar-refractivity contribution in [3.8, 4) is 0 Å². The summed E-state index contributed by atoms with van der Waals surface area (Å²) in [6.07, 6.45) is 2.71. The van der Waals surface area contributed by atoms with E-state index in [0.717, 1.165) is 30.3 Å². The number of likely N-dealkylation sites (N-methyl/N-ethyl adjacent to an activating group) is 1. The summed E-state index contributed by atoms with van der Waals surface area (Å²) in [4.78, 5) is 36.6. The molecule has 0 unspecified atom stereocenters. The van der Waals surface area contributed by atoms with Crippen molar-refractivity contribution in [3.05, 3.63) is 53.6 Å². The van der Waals surface area contributed by atoms with Gasteiger partial charge in [-0.15, -0.1) is 0 Å². The first-order valence-electron chi connectivity index (χ1n) is 6.95. The summed E-state index contributed by atoms with van der Waals surface area (Å²) in [5.41, 5.74) is 0.515. The Morgan fingerprint density at radius 2 is 1.62 bits per heavy atom. The Balaban J connectivity index is 2.84. The van der Waals surface area contributed by atoms with Gasteiger partial charge in [0.1, 0.15) is 5.57 Å². The van der Waals surface area contributed by atoms with Crippen LogP contribution in [0.2, 0.25) is 0 Å². The molecule has 1 aromatic rings. The summed E-state index contributed by atoms with van der Waals surface area (Å²) in [6, 6.07) is 9.57. The molecule has 24 heavy (non-hydrogen) atoms. The van der Waals surface area contributed by atoms with Gasteiger partial charge in [-0.05, 0) is 5.56 Å². The minimum atomic E-state index is -0.926. The third-order valence-electron chi connectivity index (χ3n) is 3.05. The Morgan fingerprint density at radius 3 is 2.12 bits per heavy atom. The minimum Gasteiger partial charge on any atom is -0.465 e. The lowest BCUT2D eigenvalue weighted by Gasteiger charge is -2.13. The second-order valence-corrected chi connectivity index (χ2v) is 5.53. The van der Waals surface area contributed by atoms with E-state index in [1.165, 1.54) is 4.90 Å². The van der Waals surface area contributed by atoms with E-state index in [1.807, 2.05) is 30.3 Å². The van der Waals surface area contributed by atoms with E-state index in [-0.39, 0.29) is 6.54 Å². The van der Waals surface area contributed by atoms with Crippen LogP contribution in [-0.2, 0) is 23.9 Å². The highest BCUT2D eigenvalue weighted by molar-refractivity contribution is 9.15. The molecule has 0 heterocycles. The molecule has 0 aliphatic rings. The Kier molecular flexibility index (Phi) is 7.91. The van der Waals surface area contributed by atoms with Crippen molar-refractivity contribution < 1.29 is 23.9 Å². The summed E-state index contributed by atoms with van der Waals surface area (Å²) >= 11 is 3.44. The molecule has 7 heteroatoms. The molecule has 0 radical (unpaired) electrons. The normalized spacial score (nSPS) is 10.6. The fraction of sp³-hybridized carbons (Fsp3) is 0.235. The van der Waals surface area contributed by atoms with Gasteiger partial charge >= 0.3 is 11.9 Å². The monoisotopic (exact) mass is 395 g/mol. The molecule has 0 aromatic heterocycles. The van der Waals surface area contributed by atoms with Crippen LogP contribution in [0.1, 0.15) is 5.56 Å². The molecule has 0 bridgehead atoms. The third-order valence-corrected chi connectivity index (χ3v) is 3.83. The Bertz CT molecular complexity index is 649. The van der Waals surface area contributed by atoms with Crippen LogP contribution in [0, 0.1) is 0 Å². The highest BCUT2D eigenvalue weighted by Crippen LogP contribution is 2.20. The van der Waals surface area contributed by atoms with Gasteiger partial charge in [-0.2, -0.15) is 0 Å². The number of methoxy groups -OCH3 is 2. The van der Waals surface area contributed by atoms with Gasteiger partial charge in [-0.25, -0.2) is 9.59 Å². The summed E-state index contributed by atoms with van der Waals surface area (Å²) in [5, 5.41) is 0. The third kappa shape index (κ3) is 5.66. The van der Waals surface area contributed by atoms with Crippen LogP contribution in [0.25, 0.3) is 4.48 Å². The second kappa shape index (κ2) is 9.67. The quantitative estimate of drug-likeness (QED) is 0.319. The fourth-order valence-electron chi connectivity index (χ4n) is 1.68. The number of benzene rings is 1. The molecule has 0 fully saturated rings. The van der Waals surface area contributed by atoms with Crippen molar-refractivity contribution in [2.75, 3.05) is 27.8 Å². The van der Waals surface area contributed by atoms with Crippen molar-refractivity contribution in [3.63, 3.8) is 0 Å². The number of carbonyl (C=O) groups excluding carboxylic acids is 3. The zero-order valence-electron chi connectivity index (χ0n) is 13.6. The van der Waals surface area contributed by atoms with E-state index in [0.29, 0.717) is 0 Å². The van der Waals surface area contributed by atoms with E-state index >= 15 is 0 Å². The number of nitrogens with zero attached hydrogens (tertiary/aromatic N) is 1.